The molecule has 3 heteroatoms. The van der Waals surface area contributed by atoms with Crippen LogP contribution >= 0.6 is 0 Å². The predicted octanol–water partition coefficient (Wildman–Crippen LogP) is 3.21. The fraction of sp³-hybridized carbons (Fsp3) is 0.625. The standard InChI is InChI=1S/C16H27NO2/c1-6-17-13(3)14-8-7-12(2)11-15(14)19-10-9-16(4,5)18/h7-8,11,13,17-18H,6,9-10H2,1-5H3. The normalized spacial score (nSPS) is 13.4. The zero-order valence-corrected chi connectivity index (χ0v) is 12.8. The van der Waals surface area contributed by atoms with Crippen LogP contribution in [0.4, 0.5) is 0 Å². The van der Waals surface area contributed by atoms with Crippen molar-refractivity contribution in [2.45, 2.75) is 52.7 Å². The summed E-state index contributed by atoms with van der Waals surface area (Å²) in [7, 11) is 0. The van der Waals surface area contributed by atoms with Gasteiger partial charge in [0.05, 0.1) is 12.2 Å². The average molecular weight is 265 g/mol. The van der Waals surface area contributed by atoms with Crippen LogP contribution < -0.4 is 10.1 Å². The van der Waals surface area contributed by atoms with Crippen molar-refractivity contribution in [3.63, 3.8) is 0 Å². The van der Waals surface area contributed by atoms with Gasteiger partial charge in [0.1, 0.15) is 5.75 Å². The van der Waals surface area contributed by atoms with Gasteiger partial charge in [-0.1, -0.05) is 19.1 Å². The molecular formula is C16H27NO2. The predicted molar refractivity (Wildman–Crippen MR) is 79.7 cm³/mol. The number of hydrogen-bond donors (Lipinski definition) is 2. The third kappa shape index (κ3) is 5.62. The zero-order valence-electron chi connectivity index (χ0n) is 12.8. The van der Waals surface area contributed by atoms with Gasteiger partial charge < -0.3 is 15.2 Å². The van der Waals surface area contributed by atoms with Gasteiger partial charge in [0.2, 0.25) is 0 Å². The summed E-state index contributed by atoms with van der Waals surface area (Å²) in [4.78, 5) is 0. The number of benzene rings is 1. The molecule has 0 saturated heterocycles. The monoisotopic (exact) mass is 265 g/mol. The summed E-state index contributed by atoms with van der Waals surface area (Å²) in [6, 6.07) is 6.55. The van der Waals surface area contributed by atoms with Gasteiger partial charge in [-0.25, -0.2) is 0 Å². The van der Waals surface area contributed by atoms with E-state index in [2.05, 4.69) is 44.3 Å². The molecule has 1 atom stereocenters. The summed E-state index contributed by atoms with van der Waals surface area (Å²) in [5, 5.41) is 13.1. The summed E-state index contributed by atoms with van der Waals surface area (Å²) in [6.45, 7) is 11.3. The molecule has 0 aromatic heterocycles. The van der Waals surface area contributed by atoms with Crippen LogP contribution in [0.25, 0.3) is 0 Å². The van der Waals surface area contributed by atoms with E-state index in [1.807, 2.05) is 0 Å². The second-order valence-corrected chi connectivity index (χ2v) is 5.73. The topological polar surface area (TPSA) is 41.5 Å². The minimum absolute atomic E-state index is 0.266. The smallest absolute Gasteiger partial charge is 0.124 e. The van der Waals surface area contributed by atoms with Gasteiger partial charge in [0, 0.05) is 18.0 Å². The lowest BCUT2D eigenvalue weighted by Gasteiger charge is -2.21. The van der Waals surface area contributed by atoms with Crippen molar-refractivity contribution in [3.8, 4) is 5.75 Å². The lowest BCUT2D eigenvalue weighted by molar-refractivity contribution is 0.0551. The largest absolute Gasteiger partial charge is 0.493 e. The van der Waals surface area contributed by atoms with E-state index in [1.54, 1.807) is 13.8 Å². The Bertz CT molecular complexity index is 396. The van der Waals surface area contributed by atoms with Gasteiger partial charge in [0.15, 0.2) is 0 Å². The summed E-state index contributed by atoms with van der Waals surface area (Å²) in [6.07, 6.45) is 0.621. The molecule has 0 aliphatic carbocycles. The van der Waals surface area contributed by atoms with E-state index in [-0.39, 0.29) is 6.04 Å². The van der Waals surface area contributed by atoms with E-state index < -0.39 is 5.60 Å². The first-order valence-electron chi connectivity index (χ1n) is 7.02. The van der Waals surface area contributed by atoms with E-state index in [0.717, 1.165) is 12.3 Å². The number of rotatable bonds is 7. The molecule has 0 amide bonds. The van der Waals surface area contributed by atoms with Crippen LogP contribution in [-0.2, 0) is 0 Å². The van der Waals surface area contributed by atoms with Crippen LogP contribution in [0, 0.1) is 6.92 Å². The Morgan fingerprint density at radius 3 is 2.63 bits per heavy atom. The fourth-order valence-corrected chi connectivity index (χ4v) is 1.95. The highest BCUT2D eigenvalue weighted by atomic mass is 16.5. The Labute approximate surface area is 117 Å². The molecule has 0 fully saturated rings. The van der Waals surface area contributed by atoms with E-state index in [0.29, 0.717) is 13.0 Å². The molecule has 0 spiro atoms. The Morgan fingerprint density at radius 2 is 2.05 bits per heavy atom. The highest BCUT2D eigenvalue weighted by molar-refractivity contribution is 5.39. The summed E-state index contributed by atoms with van der Waals surface area (Å²) < 4.78 is 5.86. The highest BCUT2D eigenvalue weighted by Crippen LogP contribution is 2.27. The minimum Gasteiger partial charge on any atom is -0.493 e. The Balaban J connectivity index is 2.77. The Hall–Kier alpha value is -1.06. The Kier molecular flexibility index (Phi) is 5.83. The van der Waals surface area contributed by atoms with Crippen molar-refractivity contribution in [2.24, 2.45) is 0 Å². The molecule has 2 N–H and O–H groups in total. The number of nitrogens with one attached hydrogen (secondary N) is 1. The second-order valence-electron chi connectivity index (χ2n) is 5.73. The maximum absolute atomic E-state index is 9.72. The van der Waals surface area contributed by atoms with Crippen molar-refractivity contribution < 1.29 is 9.84 Å². The molecule has 0 radical (unpaired) electrons. The third-order valence-electron chi connectivity index (χ3n) is 3.12. The lowest BCUT2D eigenvalue weighted by atomic mass is 10.0. The molecule has 0 bridgehead atoms. The lowest BCUT2D eigenvalue weighted by Crippen LogP contribution is -2.23. The number of hydrogen-bond acceptors (Lipinski definition) is 3. The first-order chi connectivity index (χ1) is 8.83. The molecular weight excluding hydrogens is 238 g/mol. The number of aliphatic hydroxyl groups is 1. The van der Waals surface area contributed by atoms with E-state index in [9.17, 15) is 5.11 Å². The third-order valence-corrected chi connectivity index (χ3v) is 3.12. The van der Waals surface area contributed by atoms with E-state index in [1.165, 1.54) is 11.1 Å². The summed E-state index contributed by atoms with van der Waals surface area (Å²) in [5.74, 6) is 0.915. The number of aryl methyl sites for hydroxylation is 1. The number of ether oxygens (including phenoxy) is 1. The van der Waals surface area contributed by atoms with Gasteiger partial charge >= 0.3 is 0 Å². The molecule has 1 aromatic rings. The molecule has 1 aromatic carbocycles. The molecule has 0 saturated carbocycles. The van der Waals surface area contributed by atoms with Gasteiger partial charge in [-0.3, -0.25) is 0 Å². The maximum atomic E-state index is 9.72. The quantitative estimate of drug-likeness (QED) is 0.795. The van der Waals surface area contributed by atoms with Gasteiger partial charge in [-0.15, -0.1) is 0 Å². The zero-order chi connectivity index (χ0) is 14.5. The van der Waals surface area contributed by atoms with Crippen LogP contribution in [-0.4, -0.2) is 23.9 Å². The van der Waals surface area contributed by atoms with Crippen LogP contribution in [0.3, 0.4) is 0 Å². The van der Waals surface area contributed by atoms with Crippen LogP contribution in [0.2, 0.25) is 0 Å². The Morgan fingerprint density at radius 1 is 1.37 bits per heavy atom. The fourth-order valence-electron chi connectivity index (χ4n) is 1.95. The molecule has 0 heterocycles. The summed E-state index contributed by atoms with van der Waals surface area (Å²) >= 11 is 0. The first kappa shape index (κ1) is 16.0. The minimum atomic E-state index is -0.683. The van der Waals surface area contributed by atoms with Gasteiger partial charge in [-0.05, 0) is 45.9 Å². The molecule has 19 heavy (non-hydrogen) atoms. The van der Waals surface area contributed by atoms with Gasteiger partial charge in [0.25, 0.3) is 0 Å². The van der Waals surface area contributed by atoms with Crippen molar-refractivity contribution in [3.05, 3.63) is 29.3 Å². The SMILES string of the molecule is CCNC(C)c1ccc(C)cc1OCCC(C)(C)O. The first-order valence-corrected chi connectivity index (χ1v) is 7.02. The molecule has 3 nitrogen and oxygen atoms in total. The molecule has 1 rings (SSSR count). The molecule has 0 aliphatic heterocycles. The highest BCUT2D eigenvalue weighted by Gasteiger charge is 2.14. The average Bonchev–Trinajstić information content (AvgIpc) is 2.27. The van der Waals surface area contributed by atoms with Crippen molar-refractivity contribution in [1.29, 1.82) is 0 Å². The van der Waals surface area contributed by atoms with Crippen LogP contribution in [0.5, 0.6) is 5.75 Å². The maximum Gasteiger partial charge on any atom is 0.124 e. The van der Waals surface area contributed by atoms with E-state index in [4.69, 9.17) is 4.74 Å². The van der Waals surface area contributed by atoms with Crippen molar-refractivity contribution in [1.82, 2.24) is 5.32 Å². The van der Waals surface area contributed by atoms with Crippen molar-refractivity contribution in [2.75, 3.05) is 13.2 Å². The van der Waals surface area contributed by atoms with Crippen LogP contribution in [0.15, 0.2) is 18.2 Å². The second kappa shape index (κ2) is 6.92. The molecule has 0 aliphatic rings. The van der Waals surface area contributed by atoms with Crippen molar-refractivity contribution >= 4 is 0 Å². The van der Waals surface area contributed by atoms with Gasteiger partial charge in [-0.2, -0.15) is 0 Å². The summed E-state index contributed by atoms with van der Waals surface area (Å²) in [5.41, 5.74) is 1.67. The molecule has 108 valence electrons. The molecule has 1 unspecified atom stereocenters. The van der Waals surface area contributed by atoms with Crippen LogP contribution in [0.1, 0.15) is 51.3 Å². The van der Waals surface area contributed by atoms with E-state index >= 15 is 0 Å².